The maximum absolute atomic E-state index is 12.8. The van der Waals surface area contributed by atoms with Gasteiger partial charge in [0, 0.05) is 25.5 Å². The smallest absolute Gasteiger partial charge is 0.252 e. The maximum Gasteiger partial charge on any atom is 0.252 e. The Kier molecular flexibility index (Phi) is 5.81. The number of hydrogen-bond acceptors (Lipinski definition) is 6. The van der Waals surface area contributed by atoms with E-state index < -0.39 is 15.9 Å². The number of sulfonamides is 1. The van der Waals surface area contributed by atoms with Gasteiger partial charge in [-0.2, -0.15) is 4.31 Å². The first-order valence-corrected chi connectivity index (χ1v) is 12.0. The fourth-order valence-corrected chi connectivity index (χ4v) is 6.88. The molecule has 4 rings (SSSR count). The summed E-state index contributed by atoms with van der Waals surface area (Å²) in [6, 6.07) is 6.84. The van der Waals surface area contributed by atoms with Crippen LogP contribution in [-0.4, -0.2) is 46.3 Å². The molecule has 4 heterocycles. The highest BCUT2D eigenvalue weighted by Gasteiger charge is 2.34. The minimum Gasteiger partial charge on any atom is -0.324 e. The molecule has 3 aromatic heterocycles. The molecular formula is C18H18BrN5O3S2. The third-order valence-corrected chi connectivity index (χ3v) is 8.64. The van der Waals surface area contributed by atoms with Crippen molar-refractivity contribution in [1.29, 1.82) is 0 Å². The molecule has 1 aliphatic rings. The van der Waals surface area contributed by atoms with E-state index in [-0.39, 0.29) is 16.7 Å². The van der Waals surface area contributed by atoms with Crippen LogP contribution < -0.4 is 5.32 Å². The van der Waals surface area contributed by atoms with Gasteiger partial charge in [-0.3, -0.25) is 9.36 Å². The van der Waals surface area contributed by atoms with E-state index in [1.165, 1.54) is 15.6 Å². The van der Waals surface area contributed by atoms with Crippen LogP contribution in [0.3, 0.4) is 0 Å². The second-order valence-electron chi connectivity index (χ2n) is 6.63. The molecule has 1 aliphatic heterocycles. The molecule has 3 aromatic rings. The molecule has 0 spiro atoms. The van der Waals surface area contributed by atoms with Crippen molar-refractivity contribution < 1.29 is 13.2 Å². The number of rotatable bonds is 5. The van der Waals surface area contributed by atoms with Gasteiger partial charge >= 0.3 is 0 Å². The Balaban J connectivity index is 1.42. The zero-order valence-corrected chi connectivity index (χ0v) is 18.5. The normalized spacial score (nSPS) is 17.9. The highest BCUT2D eigenvalue weighted by molar-refractivity contribution is 9.11. The van der Waals surface area contributed by atoms with Crippen LogP contribution in [0.5, 0.6) is 0 Å². The summed E-state index contributed by atoms with van der Waals surface area (Å²) in [7, 11) is -3.59. The lowest BCUT2D eigenvalue weighted by atomic mass is 9.99. The van der Waals surface area contributed by atoms with Crippen LogP contribution >= 0.6 is 27.3 Å². The van der Waals surface area contributed by atoms with Crippen molar-refractivity contribution in [3.05, 3.63) is 53.0 Å². The highest BCUT2D eigenvalue weighted by Crippen LogP contribution is 2.31. The summed E-state index contributed by atoms with van der Waals surface area (Å²) in [6.07, 6.45) is 7.95. The highest BCUT2D eigenvalue weighted by atomic mass is 79.9. The molecule has 1 fully saturated rings. The first kappa shape index (κ1) is 20.2. The Labute approximate surface area is 180 Å². The summed E-state index contributed by atoms with van der Waals surface area (Å²) in [5.74, 6) is 0.0854. The van der Waals surface area contributed by atoms with Gasteiger partial charge in [0.05, 0.1) is 21.6 Å². The number of amides is 1. The first-order chi connectivity index (χ1) is 13.9. The first-order valence-electron chi connectivity index (χ1n) is 8.94. The monoisotopic (exact) mass is 495 g/mol. The van der Waals surface area contributed by atoms with Crippen molar-refractivity contribution >= 4 is 48.9 Å². The number of piperidine rings is 1. The molecule has 29 heavy (non-hydrogen) atoms. The fourth-order valence-electron chi connectivity index (χ4n) is 3.19. The summed E-state index contributed by atoms with van der Waals surface area (Å²) >= 11 is 4.47. The summed E-state index contributed by atoms with van der Waals surface area (Å²) in [6.45, 7) is 0.590. The number of imidazole rings is 1. The number of halogens is 1. The van der Waals surface area contributed by atoms with Crippen molar-refractivity contribution in [2.75, 3.05) is 18.4 Å². The number of carbonyl (C=O) groups excluding carboxylic acids is 1. The Bertz CT molecular complexity index is 1100. The zero-order valence-electron chi connectivity index (χ0n) is 15.2. The van der Waals surface area contributed by atoms with Crippen LogP contribution in [0, 0.1) is 5.92 Å². The SMILES string of the molecule is O=C(Nc1ccc(-n2ccnc2)nc1)C1CCCN(S(=O)(=O)c2ccc(Br)s2)C1. The van der Waals surface area contributed by atoms with Gasteiger partial charge in [-0.15, -0.1) is 11.3 Å². The molecule has 0 bridgehead atoms. The average Bonchev–Trinajstić information content (AvgIpc) is 3.41. The van der Waals surface area contributed by atoms with Crippen molar-refractivity contribution in [2.24, 2.45) is 5.92 Å². The number of thiophene rings is 1. The molecule has 152 valence electrons. The quantitative estimate of drug-likeness (QED) is 0.586. The molecular weight excluding hydrogens is 478 g/mol. The summed E-state index contributed by atoms with van der Waals surface area (Å²) in [4.78, 5) is 21.0. The van der Waals surface area contributed by atoms with Crippen molar-refractivity contribution in [3.63, 3.8) is 0 Å². The van der Waals surface area contributed by atoms with Gasteiger partial charge in [-0.1, -0.05) is 0 Å². The zero-order chi connectivity index (χ0) is 20.4. The molecule has 0 aliphatic carbocycles. The molecule has 1 N–H and O–H groups in total. The van der Waals surface area contributed by atoms with Crippen molar-refractivity contribution in [1.82, 2.24) is 18.8 Å². The third-order valence-electron chi connectivity index (χ3n) is 4.68. The standard InChI is InChI=1S/C18H18BrN5O3S2/c19-15-4-6-17(28-15)29(26,27)24-8-1-2-13(11-24)18(25)22-14-3-5-16(21-10-14)23-9-7-20-12-23/h3-7,9-10,12-13H,1-2,8,11H2,(H,22,25). The van der Waals surface area contributed by atoms with E-state index in [4.69, 9.17) is 0 Å². The van der Waals surface area contributed by atoms with Gasteiger partial charge in [0.15, 0.2) is 0 Å². The maximum atomic E-state index is 12.8. The summed E-state index contributed by atoms with van der Waals surface area (Å²) in [5.41, 5.74) is 0.570. The van der Waals surface area contributed by atoms with Crippen LogP contribution in [0.1, 0.15) is 12.8 Å². The van der Waals surface area contributed by atoms with Gasteiger partial charge in [0.25, 0.3) is 10.0 Å². The number of nitrogens with zero attached hydrogens (tertiary/aromatic N) is 4. The van der Waals surface area contributed by atoms with E-state index in [1.54, 1.807) is 53.8 Å². The lowest BCUT2D eigenvalue weighted by molar-refractivity contribution is -0.120. The summed E-state index contributed by atoms with van der Waals surface area (Å²) in [5, 5.41) is 2.85. The largest absolute Gasteiger partial charge is 0.324 e. The number of aromatic nitrogens is 3. The molecule has 8 nitrogen and oxygen atoms in total. The Morgan fingerprint density at radius 1 is 1.28 bits per heavy atom. The third kappa shape index (κ3) is 4.42. The molecule has 11 heteroatoms. The van der Waals surface area contributed by atoms with E-state index >= 15 is 0 Å². The molecule has 1 amide bonds. The average molecular weight is 496 g/mol. The number of hydrogen-bond donors (Lipinski definition) is 1. The minimum atomic E-state index is -3.59. The van der Waals surface area contributed by atoms with Gasteiger partial charge in [0.2, 0.25) is 5.91 Å². The molecule has 0 radical (unpaired) electrons. The van der Waals surface area contributed by atoms with Crippen LogP contribution in [-0.2, 0) is 14.8 Å². The van der Waals surface area contributed by atoms with Crippen LogP contribution in [0.2, 0.25) is 0 Å². The Morgan fingerprint density at radius 3 is 2.79 bits per heavy atom. The Hall–Kier alpha value is -2.08. The Morgan fingerprint density at radius 2 is 2.14 bits per heavy atom. The van der Waals surface area contributed by atoms with Crippen LogP contribution in [0.25, 0.3) is 5.82 Å². The minimum absolute atomic E-state index is 0.171. The molecule has 0 aromatic carbocycles. The predicted octanol–water partition coefficient (Wildman–Crippen LogP) is 3.13. The number of carbonyl (C=O) groups is 1. The number of anilines is 1. The van der Waals surface area contributed by atoms with E-state index in [1.807, 2.05) is 0 Å². The fraction of sp³-hybridized carbons (Fsp3) is 0.278. The molecule has 0 saturated carbocycles. The van der Waals surface area contributed by atoms with Crippen molar-refractivity contribution in [2.45, 2.75) is 17.1 Å². The lowest BCUT2D eigenvalue weighted by Crippen LogP contribution is -2.43. The van der Waals surface area contributed by atoms with Crippen molar-refractivity contribution in [3.8, 4) is 5.82 Å². The van der Waals surface area contributed by atoms with E-state index in [9.17, 15) is 13.2 Å². The second-order valence-corrected chi connectivity index (χ2v) is 11.3. The molecule has 1 saturated heterocycles. The molecule has 1 atom stereocenters. The summed E-state index contributed by atoms with van der Waals surface area (Å²) < 4.78 is 29.9. The lowest BCUT2D eigenvalue weighted by Gasteiger charge is -2.30. The predicted molar refractivity (Wildman–Crippen MR) is 113 cm³/mol. The molecule has 1 unspecified atom stereocenters. The van der Waals surface area contributed by atoms with Crippen LogP contribution in [0.15, 0.2) is 57.2 Å². The van der Waals surface area contributed by atoms with E-state index in [2.05, 4.69) is 31.2 Å². The van der Waals surface area contributed by atoms with Gasteiger partial charge < -0.3 is 5.32 Å². The number of nitrogens with one attached hydrogen (secondary N) is 1. The van der Waals surface area contributed by atoms with Gasteiger partial charge in [0.1, 0.15) is 16.4 Å². The topological polar surface area (TPSA) is 97.2 Å². The van der Waals surface area contributed by atoms with E-state index in [0.29, 0.717) is 30.9 Å². The number of pyridine rings is 1. The second kappa shape index (κ2) is 8.34. The van der Waals surface area contributed by atoms with Gasteiger partial charge in [-0.05, 0) is 53.0 Å². The van der Waals surface area contributed by atoms with E-state index in [0.717, 1.165) is 3.79 Å². The van der Waals surface area contributed by atoms with Crippen LogP contribution in [0.4, 0.5) is 5.69 Å². The van der Waals surface area contributed by atoms with Gasteiger partial charge in [-0.25, -0.2) is 18.4 Å².